The van der Waals surface area contributed by atoms with Gasteiger partial charge in [0.05, 0.1) is 5.54 Å². The monoisotopic (exact) mass is 281 g/mol. The van der Waals surface area contributed by atoms with Crippen LogP contribution in [0.5, 0.6) is 5.75 Å². The van der Waals surface area contributed by atoms with Gasteiger partial charge in [-0.2, -0.15) is 4.98 Å². The molecule has 0 saturated carbocycles. The van der Waals surface area contributed by atoms with E-state index in [-0.39, 0.29) is 6.61 Å². The highest BCUT2D eigenvalue weighted by Gasteiger charge is 2.21. The Balaban J connectivity index is 2.04. The summed E-state index contributed by atoms with van der Waals surface area (Å²) in [6, 6.07) is 5.41. The molecule has 5 nitrogen and oxygen atoms in total. The van der Waals surface area contributed by atoms with E-state index in [0.29, 0.717) is 16.7 Å². The lowest BCUT2D eigenvalue weighted by atomic mass is 10.1. The highest BCUT2D eigenvalue weighted by atomic mass is 35.5. The number of hydrogen-bond acceptors (Lipinski definition) is 5. The fourth-order valence-corrected chi connectivity index (χ4v) is 1.72. The highest BCUT2D eigenvalue weighted by Crippen LogP contribution is 2.22. The summed E-state index contributed by atoms with van der Waals surface area (Å²) < 4.78 is 10.7. The van der Waals surface area contributed by atoms with E-state index in [2.05, 4.69) is 10.1 Å². The second kappa shape index (κ2) is 5.19. The molecule has 0 aliphatic carbocycles. The molecule has 102 valence electrons. The van der Waals surface area contributed by atoms with E-state index >= 15 is 0 Å². The molecule has 6 heteroatoms. The molecule has 0 spiro atoms. The summed E-state index contributed by atoms with van der Waals surface area (Å²) in [6.07, 6.45) is 0. The lowest BCUT2D eigenvalue weighted by Gasteiger charge is -2.11. The fourth-order valence-electron chi connectivity index (χ4n) is 1.49. The van der Waals surface area contributed by atoms with Gasteiger partial charge in [-0.1, -0.05) is 16.8 Å². The van der Waals surface area contributed by atoms with Crippen LogP contribution in [0.1, 0.15) is 31.1 Å². The second-order valence-electron chi connectivity index (χ2n) is 4.93. The number of benzene rings is 1. The van der Waals surface area contributed by atoms with Gasteiger partial charge in [0.1, 0.15) is 5.75 Å². The Hall–Kier alpha value is -1.59. The summed E-state index contributed by atoms with van der Waals surface area (Å²) in [5, 5.41) is 4.50. The SMILES string of the molecule is Cc1cc(Cl)ccc1OCc1nc(C(C)(C)N)no1. The first-order chi connectivity index (χ1) is 8.86. The fraction of sp³-hybridized carbons (Fsp3) is 0.385. The molecule has 0 unspecified atom stereocenters. The summed E-state index contributed by atoms with van der Waals surface area (Å²) in [5.41, 5.74) is 6.20. The van der Waals surface area contributed by atoms with Crippen molar-refractivity contribution in [2.45, 2.75) is 32.9 Å². The van der Waals surface area contributed by atoms with Crippen LogP contribution in [0.4, 0.5) is 0 Å². The number of ether oxygens (including phenoxy) is 1. The van der Waals surface area contributed by atoms with Crippen molar-refractivity contribution in [3.05, 3.63) is 40.5 Å². The lowest BCUT2D eigenvalue weighted by Crippen LogP contribution is -2.30. The van der Waals surface area contributed by atoms with Crippen molar-refractivity contribution in [2.24, 2.45) is 5.73 Å². The summed E-state index contributed by atoms with van der Waals surface area (Å²) in [5.74, 6) is 1.58. The van der Waals surface area contributed by atoms with E-state index in [1.165, 1.54) is 0 Å². The van der Waals surface area contributed by atoms with Crippen molar-refractivity contribution in [2.75, 3.05) is 0 Å². The maximum atomic E-state index is 5.88. The Morgan fingerprint density at radius 1 is 1.42 bits per heavy atom. The van der Waals surface area contributed by atoms with Crippen molar-refractivity contribution in [3.63, 3.8) is 0 Å². The number of aryl methyl sites for hydroxylation is 1. The van der Waals surface area contributed by atoms with Crippen molar-refractivity contribution in [1.29, 1.82) is 0 Å². The lowest BCUT2D eigenvalue weighted by molar-refractivity contribution is 0.240. The summed E-state index contributed by atoms with van der Waals surface area (Å²) in [7, 11) is 0. The highest BCUT2D eigenvalue weighted by molar-refractivity contribution is 6.30. The molecule has 1 heterocycles. The van der Waals surface area contributed by atoms with Gasteiger partial charge >= 0.3 is 0 Å². The molecule has 0 aliphatic rings. The minimum absolute atomic E-state index is 0.200. The van der Waals surface area contributed by atoms with E-state index in [9.17, 15) is 0 Å². The average Bonchev–Trinajstić information content (AvgIpc) is 2.76. The van der Waals surface area contributed by atoms with Crippen LogP contribution in [0.15, 0.2) is 22.7 Å². The molecule has 0 saturated heterocycles. The van der Waals surface area contributed by atoms with Crippen LogP contribution in [0.2, 0.25) is 5.02 Å². The van der Waals surface area contributed by atoms with Crippen LogP contribution in [0, 0.1) is 6.92 Å². The zero-order valence-corrected chi connectivity index (χ0v) is 11.9. The topological polar surface area (TPSA) is 74.2 Å². The Morgan fingerprint density at radius 3 is 2.74 bits per heavy atom. The van der Waals surface area contributed by atoms with Crippen LogP contribution in [-0.2, 0) is 12.1 Å². The average molecular weight is 282 g/mol. The maximum Gasteiger partial charge on any atom is 0.264 e. The Morgan fingerprint density at radius 2 is 2.16 bits per heavy atom. The van der Waals surface area contributed by atoms with Gasteiger partial charge < -0.3 is 15.0 Å². The van der Waals surface area contributed by atoms with Crippen LogP contribution in [-0.4, -0.2) is 10.1 Å². The maximum absolute atomic E-state index is 5.88. The Kier molecular flexibility index (Phi) is 3.78. The standard InChI is InChI=1S/C13H16ClN3O2/c1-8-6-9(14)4-5-10(8)18-7-11-16-12(17-19-11)13(2,3)15/h4-6H,7,15H2,1-3H3. The summed E-state index contributed by atoms with van der Waals surface area (Å²) >= 11 is 5.88. The number of rotatable bonds is 4. The van der Waals surface area contributed by atoms with Crippen LogP contribution in [0.25, 0.3) is 0 Å². The molecule has 0 bridgehead atoms. The summed E-state index contributed by atoms with van der Waals surface area (Å²) in [4.78, 5) is 4.19. The molecule has 0 atom stereocenters. The van der Waals surface area contributed by atoms with Crippen LogP contribution >= 0.6 is 11.6 Å². The van der Waals surface area contributed by atoms with Crippen molar-refractivity contribution < 1.29 is 9.26 Å². The molecule has 2 N–H and O–H groups in total. The molecule has 1 aromatic heterocycles. The molecular formula is C13H16ClN3O2. The van der Waals surface area contributed by atoms with Gasteiger partial charge in [0, 0.05) is 5.02 Å². The molecule has 2 aromatic rings. The molecule has 19 heavy (non-hydrogen) atoms. The molecule has 0 aliphatic heterocycles. The first kappa shape index (κ1) is 13.8. The zero-order chi connectivity index (χ0) is 14.0. The van der Waals surface area contributed by atoms with Gasteiger partial charge in [0.2, 0.25) is 0 Å². The molecule has 0 radical (unpaired) electrons. The van der Waals surface area contributed by atoms with Gasteiger partial charge in [-0.25, -0.2) is 0 Å². The van der Waals surface area contributed by atoms with E-state index in [1.54, 1.807) is 6.07 Å². The quantitative estimate of drug-likeness (QED) is 0.933. The van der Waals surface area contributed by atoms with Crippen LogP contribution in [0.3, 0.4) is 0 Å². The zero-order valence-electron chi connectivity index (χ0n) is 11.1. The number of hydrogen-bond donors (Lipinski definition) is 1. The predicted octanol–water partition coefficient (Wildman–Crippen LogP) is 2.80. The molecule has 0 fully saturated rings. The number of halogens is 1. The normalized spacial score (nSPS) is 11.6. The van der Waals surface area contributed by atoms with E-state index < -0.39 is 5.54 Å². The number of nitrogens with two attached hydrogens (primary N) is 1. The largest absolute Gasteiger partial charge is 0.483 e. The third kappa shape index (κ3) is 3.45. The van der Waals surface area contributed by atoms with Crippen molar-refractivity contribution in [3.8, 4) is 5.75 Å². The van der Waals surface area contributed by atoms with Gasteiger partial charge in [-0.15, -0.1) is 0 Å². The van der Waals surface area contributed by atoms with Gasteiger partial charge in [0.25, 0.3) is 5.89 Å². The Bertz CT molecular complexity index is 576. The Labute approximate surface area is 116 Å². The van der Waals surface area contributed by atoms with Crippen molar-refractivity contribution >= 4 is 11.6 Å². The first-order valence-corrected chi connectivity index (χ1v) is 6.25. The van der Waals surface area contributed by atoms with Crippen molar-refractivity contribution in [1.82, 2.24) is 10.1 Å². The molecule has 2 rings (SSSR count). The first-order valence-electron chi connectivity index (χ1n) is 5.87. The molecular weight excluding hydrogens is 266 g/mol. The summed E-state index contributed by atoms with van der Waals surface area (Å²) in [6.45, 7) is 5.74. The second-order valence-corrected chi connectivity index (χ2v) is 5.37. The molecule has 1 aromatic carbocycles. The minimum atomic E-state index is -0.627. The third-order valence-corrected chi connectivity index (χ3v) is 2.77. The minimum Gasteiger partial charge on any atom is -0.483 e. The number of nitrogens with zero attached hydrogens (tertiary/aromatic N) is 2. The van der Waals surface area contributed by atoms with Crippen LogP contribution < -0.4 is 10.5 Å². The van der Waals surface area contributed by atoms with Gasteiger partial charge in [-0.05, 0) is 44.5 Å². The predicted molar refractivity (Wildman–Crippen MR) is 72.0 cm³/mol. The van der Waals surface area contributed by atoms with Gasteiger partial charge in [0.15, 0.2) is 12.4 Å². The van der Waals surface area contributed by atoms with E-state index in [4.69, 9.17) is 26.6 Å². The van der Waals surface area contributed by atoms with E-state index in [1.807, 2.05) is 32.9 Å². The van der Waals surface area contributed by atoms with Gasteiger partial charge in [-0.3, -0.25) is 0 Å². The molecule has 0 amide bonds. The van der Waals surface area contributed by atoms with E-state index in [0.717, 1.165) is 11.3 Å². The third-order valence-electron chi connectivity index (χ3n) is 2.53. The smallest absolute Gasteiger partial charge is 0.264 e. The number of aromatic nitrogens is 2.